The lowest BCUT2D eigenvalue weighted by atomic mass is 9.76. The van der Waals surface area contributed by atoms with E-state index < -0.39 is 0 Å². The number of rotatable bonds is 4. The van der Waals surface area contributed by atoms with Crippen molar-refractivity contribution in [2.45, 2.75) is 70.3 Å². The molecule has 3 fully saturated rings. The predicted octanol–water partition coefficient (Wildman–Crippen LogP) is 2.96. The van der Waals surface area contributed by atoms with Crippen molar-refractivity contribution in [2.24, 2.45) is 5.41 Å². The molecule has 2 saturated heterocycles. The average molecular weight is 370 g/mol. The molecule has 1 aliphatic carbocycles. The van der Waals surface area contributed by atoms with Crippen LogP contribution in [0.3, 0.4) is 0 Å². The third kappa shape index (κ3) is 3.93. The van der Waals surface area contributed by atoms with Crippen LogP contribution in [0.2, 0.25) is 0 Å². The highest BCUT2D eigenvalue weighted by Gasteiger charge is 2.43. The standard InChI is InChI=1S/C23H35N3O/c1-17-11-18(2)13-19(12-17)23(5-3-4-6-23)16-26-21(27)20-14-22(15-25-20)7-9-24-10-8-22/h11-13,20,24-25H,3-10,14-16H2,1-2H3,(H,26,27). The van der Waals surface area contributed by atoms with Crippen molar-refractivity contribution in [2.75, 3.05) is 26.2 Å². The van der Waals surface area contributed by atoms with Crippen LogP contribution >= 0.6 is 0 Å². The summed E-state index contributed by atoms with van der Waals surface area (Å²) >= 11 is 0. The molecule has 1 saturated carbocycles. The van der Waals surface area contributed by atoms with Gasteiger partial charge in [-0.1, -0.05) is 42.2 Å². The smallest absolute Gasteiger partial charge is 0.237 e. The van der Waals surface area contributed by atoms with E-state index in [0.717, 1.165) is 32.6 Å². The van der Waals surface area contributed by atoms with Gasteiger partial charge in [-0.05, 0) is 70.0 Å². The summed E-state index contributed by atoms with van der Waals surface area (Å²) in [6.45, 7) is 8.31. The summed E-state index contributed by atoms with van der Waals surface area (Å²) in [6, 6.07) is 6.90. The maximum absolute atomic E-state index is 12.9. The zero-order chi connectivity index (χ0) is 18.9. The molecule has 4 heteroatoms. The molecule has 1 spiro atoms. The van der Waals surface area contributed by atoms with Crippen LogP contribution in [-0.2, 0) is 10.2 Å². The third-order valence-corrected chi connectivity index (χ3v) is 7.34. The fourth-order valence-electron chi connectivity index (χ4n) is 5.72. The van der Waals surface area contributed by atoms with Crippen molar-refractivity contribution in [3.05, 3.63) is 34.9 Å². The molecule has 0 aromatic heterocycles. The average Bonchev–Trinajstić information content (AvgIpc) is 3.28. The molecular formula is C23H35N3O. The van der Waals surface area contributed by atoms with Gasteiger partial charge in [-0.3, -0.25) is 4.79 Å². The largest absolute Gasteiger partial charge is 0.354 e. The topological polar surface area (TPSA) is 53.2 Å². The zero-order valence-corrected chi connectivity index (χ0v) is 17.0. The van der Waals surface area contributed by atoms with Gasteiger partial charge in [0.2, 0.25) is 5.91 Å². The van der Waals surface area contributed by atoms with Gasteiger partial charge in [0.25, 0.3) is 0 Å². The Balaban J connectivity index is 1.42. The summed E-state index contributed by atoms with van der Waals surface area (Å²) < 4.78 is 0. The molecule has 3 aliphatic rings. The van der Waals surface area contributed by atoms with Gasteiger partial charge in [0, 0.05) is 18.5 Å². The van der Waals surface area contributed by atoms with Gasteiger partial charge in [0.05, 0.1) is 6.04 Å². The second-order valence-corrected chi connectivity index (χ2v) is 9.47. The molecular weight excluding hydrogens is 334 g/mol. The number of carbonyl (C=O) groups excluding carboxylic acids is 1. The highest BCUT2D eigenvalue weighted by Crippen LogP contribution is 2.42. The highest BCUT2D eigenvalue weighted by atomic mass is 16.2. The number of aryl methyl sites for hydroxylation is 2. The molecule has 1 amide bonds. The van der Waals surface area contributed by atoms with Crippen molar-refractivity contribution >= 4 is 5.91 Å². The lowest BCUT2D eigenvalue weighted by Crippen LogP contribution is -2.46. The Morgan fingerprint density at radius 3 is 2.41 bits per heavy atom. The number of nitrogens with one attached hydrogen (secondary N) is 3. The van der Waals surface area contributed by atoms with E-state index in [1.807, 2.05) is 0 Å². The van der Waals surface area contributed by atoms with E-state index in [2.05, 4.69) is 48.0 Å². The van der Waals surface area contributed by atoms with Crippen LogP contribution in [0, 0.1) is 19.3 Å². The lowest BCUT2D eigenvalue weighted by molar-refractivity contribution is -0.123. The molecule has 1 aromatic rings. The molecule has 1 unspecified atom stereocenters. The van der Waals surface area contributed by atoms with Crippen LogP contribution in [-0.4, -0.2) is 38.1 Å². The Labute approximate surface area is 163 Å². The monoisotopic (exact) mass is 369 g/mol. The first kappa shape index (κ1) is 18.9. The minimum absolute atomic E-state index is 0.0131. The minimum Gasteiger partial charge on any atom is -0.354 e. The highest BCUT2D eigenvalue weighted by molar-refractivity contribution is 5.82. The number of carbonyl (C=O) groups is 1. The number of amides is 1. The lowest BCUT2D eigenvalue weighted by Gasteiger charge is -2.33. The minimum atomic E-state index is -0.0131. The van der Waals surface area contributed by atoms with Gasteiger partial charge in [-0.2, -0.15) is 0 Å². The molecule has 1 aromatic carbocycles. The number of hydrogen-bond acceptors (Lipinski definition) is 3. The summed E-state index contributed by atoms with van der Waals surface area (Å²) in [5, 5.41) is 10.3. The maximum Gasteiger partial charge on any atom is 0.237 e. The third-order valence-electron chi connectivity index (χ3n) is 7.34. The quantitative estimate of drug-likeness (QED) is 0.765. The normalized spacial score (nSPS) is 26.4. The van der Waals surface area contributed by atoms with Crippen molar-refractivity contribution < 1.29 is 4.79 Å². The first-order valence-corrected chi connectivity index (χ1v) is 10.8. The molecule has 2 heterocycles. The van der Waals surface area contributed by atoms with Gasteiger partial charge in [0.15, 0.2) is 0 Å². The molecule has 1 atom stereocenters. The van der Waals surface area contributed by atoms with E-state index in [9.17, 15) is 4.79 Å². The first-order valence-electron chi connectivity index (χ1n) is 10.8. The van der Waals surface area contributed by atoms with Crippen molar-refractivity contribution in [1.82, 2.24) is 16.0 Å². The van der Waals surface area contributed by atoms with E-state index in [-0.39, 0.29) is 17.4 Å². The van der Waals surface area contributed by atoms with Gasteiger partial charge in [-0.15, -0.1) is 0 Å². The SMILES string of the molecule is Cc1cc(C)cc(C2(CNC(=O)C3CC4(CCNCC4)CN3)CCCC2)c1. The molecule has 4 nitrogen and oxygen atoms in total. The molecule has 0 radical (unpaired) electrons. The van der Waals surface area contributed by atoms with Crippen LogP contribution in [0.4, 0.5) is 0 Å². The number of hydrogen-bond donors (Lipinski definition) is 3. The van der Waals surface area contributed by atoms with Crippen LogP contribution in [0.25, 0.3) is 0 Å². The Hall–Kier alpha value is -1.39. The summed E-state index contributed by atoms with van der Waals surface area (Å²) in [5.41, 5.74) is 4.54. The van der Waals surface area contributed by atoms with Gasteiger partial charge in [0.1, 0.15) is 0 Å². The van der Waals surface area contributed by atoms with Crippen molar-refractivity contribution in [3.8, 4) is 0 Å². The predicted molar refractivity (Wildman–Crippen MR) is 110 cm³/mol. The van der Waals surface area contributed by atoms with Gasteiger partial charge >= 0.3 is 0 Å². The van der Waals surface area contributed by atoms with Gasteiger partial charge in [-0.25, -0.2) is 0 Å². The second kappa shape index (κ2) is 7.56. The Morgan fingerprint density at radius 1 is 1.07 bits per heavy atom. The summed E-state index contributed by atoms with van der Waals surface area (Å²) in [5.74, 6) is 0.209. The van der Waals surface area contributed by atoms with Crippen molar-refractivity contribution in [3.63, 3.8) is 0 Å². The van der Waals surface area contributed by atoms with E-state index in [1.165, 1.54) is 55.2 Å². The molecule has 148 valence electrons. The van der Waals surface area contributed by atoms with Gasteiger partial charge < -0.3 is 16.0 Å². The molecule has 0 bridgehead atoms. The van der Waals surface area contributed by atoms with Crippen LogP contribution in [0.5, 0.6) is 0 Å². The van der Waals surface area contributed by atoms with Crippen molar-refractivity contribution in [1.29, 1.82) is 0 Å². The first-order chi connectivity index (χ1) is 13.0. The Morgan fingerprint density at radius 2 is 1.74 bits per heavy atom. The summed E-state index contributed by atoms with van der Waals surface area (Å²) in [7, 11) is 0. The molecule has 27 heavy (non-hydrogen) atoms. The zero-order valence-electron chi connectivity index (χ0n) is 17.0. The molecule has 3 N–H and O–H groups in total. The van der Waals surface area contributed by atoms with Crippen LogP contribution in [0.15, 0.2) is 18.2 Å². The fraction of sp³-hybridized carbons (Fsp3) is 0.696. The number of piperidine rings is 1. The van der Waals surface area contributed by atoms with Crippen LogP contribution < -0.4 is 16.0 Å². The summed E-state index contributed by atoms with van der Waals surface area (Å²) in [6.07, 6.45) is 8.28. The van der Waals surface area contributed by atoms with E-state index in [0.29, 0.717) is 5.41 Å². The van der Waals surface area contributed by atoms with E-state index in [1.54, 1.807) is 0 Å². The Kier molecular flexibility index (Phi) is 5.30. The summed E-state index contributed by atoms with van der Waals surface area (Å²) in [4.78, 5) is 12.9. The Bertz CT molecular complexity index is 667. The molecule has 4 rings (SSSR count). The van der Waals surface area contributed by atoms with E-state index >= 15 is 0 Å². The molecule has 2 aliphatic heterocycles. The van der Waals surface area contributed by atoms with Crippen LogP contribution in [0.1, 0.15) is 61.6 Å². The number of benzene rings is 1. The maximum atomic E-state index is 12.9. The van der Waals surface area contributed by atoms with E-state index in [4.69, 9.17) is 0 Å². The fourth-order valence-corrected chi connectivity index (χ4v) is 5.72. The second-order valence-electron chi connectivity index (χ2n) is 9.47.